The van der Waals surface area contributed by atoms with Crippen molar-refractivity contribution in [1.82, 2.24) is 10.6 Å². The molecular formula is C15H22N2O2. The molecule has 2 N–H and O–H groups in total. The maximum absolute atomic E-state index is 11.8. The van der Waals surface area contributed by atoms with Crippen LogP contribution in [0.4, 0.5) is 0 Å². The Morgan fingerprint density at radius 2 is 2.21 bits per heavy atom. The molecule has 1 aliphatic rings. The van der Waals surface area contributed by atoms with E-state index >= 15 is 0 Å². The Kier molecular flexibility index (Phi) is 4.80. The van der Waals surface area contributed by atoms with Gasteiger partial charge in [-0.25, -0.2) is 0 Å². The number of rotatable bonds is 5. The van der Waals surface area contributed by atoms with Crippen molar-refractivity contribution in [3.63, 3.8) is 0 Å². The molecule has 1 amide bonds. The number of hydrogen-bond donors (Lipinski definition) is 2. The maximum atomic E-state index is 11.8. The molecule has 1 heterocycles. The zero-order valence-electron chi connectivity index (χ0n) is 11.6. The molecule has 1 fully saturated rings. The van der Waals surface area contributed by atoms with Crippen LogP contribution in [0.25, 0.3) is 0 Å². The second-order valence-corrected chi connectivity index (χ2v) is 4.92. The van der Waals surface area contributed by atoms with E-state index in [1.165, 1.54) is 0 Å². The molecule has 0 aromatic heterocycles. The normalized spacial score (nSPS) is 20.0. The lowest BCUT2D eigenvalue weighted by molar-refractivity contribution is -0.122. The highest BCUT2D eigenvalue weighted by Gasteiger charge is 2.17. The summed E-state index contributed by atoms with van der Waals surface area (Å²) in [4.78, 5) is 11.8. The average molecular weight is 262 g/mol. The maximum Gasteiger partial charge on any atom is 0.227 e. The molecule has 4 heteroatoms. The summed E-state index contributed by atoms with van der Waals surface area (Å²) in [5.41, 5.74) is 1.02. The fourth-order valence-electron chi connectivity index (χ4n) is 2.23. The third-order valence-corrected chi connectivity index (χ3v) is 3.44. The summed E-state index contributed by atoms with van der Waals surface area (Å²) in [6.07, 6.45) is 1.32. The number of ether oxygens (including phenoxy) is 1. The molecule has 1 saturated heterocycles. The smallest absolute Gasteiger partial charge is 0.227 e. The fourth-order valence-corrected chi connectivity index (χ4v) is 2.23. The number of amides is 1. The minimum Gasteiger partial charge on any atom is -0.489 e. The number of hydrogen-bond acceptors (Lipinski definition) is 3. The van der Waals surface area contributed by atoms with Crippen LogP contribution in [0.1, 0.15) is 31.7 Å². The Hall–Kier alpha value is -1.55. The summed E-state index contributed by atoms with van der Waals surface area (Å²) in [6.45, 7) is 6.45. The van der Waals surface area contributed by atoms with Crippen LogP contribution in [0.15, 0.2) is 24.3 Å². The van der Waals surface area contributed by atoms with Crippen molar-refractivity contribution < 1.29 is 9.53 Å². The van der Waals surface area contributed by atoms with Gasteiger partial charge in [0.25, 0.3) is 0 Å². The Morgan fingerprint density at radius 1 is 1.47 bits per heavy atom. The first kappa shape index (κ1) is 13.9. The van der Waals surface area contributed by atoms with Crippen molar-refractivity contribution in [2.75, 3.05) is 19.6 Å². The molecule has 0 spiro atoms. The molecule has 4 nitrogen and oxygen atoms in total. The average Bonchev–Trinajstić information content (AvgIpc) is 2.92. The van der Waals surface area contributed by atoms with E-state index in [9.17, 15) is 4.79 Å². The van der Waals surface area contributed by atoms with Gasteiger partial charge < -0.3 is 15.4 Å². The Morgan fingerprint density at radius 3 is 2.79 bits per heavy atom. The van der Waals surface area contributed by atoms with Gasteiger partial charge in [-0.05, 0) is 44.5 Å². The fraction of sp³-hybridized carbons (Fsp3) is 0.533. The lowest BCUT2D eigenvalue weighted by Gasteiger charge is -2.15. The molecule has 0 unspecified atom stereocenters. The number of benzene rings is 1. The highest BCUT2D eigenvalue weighted by atomic mass is 16.5. The zero-order chi connectivity index (χ0) is 13.7. The summed E-state index contributed by atoms with van der Waals surface area (Å²) >= 11 is 0. The van der Waals surface area contributed by atoms with E-state index in [1.807, 2.05) is 38.1 Å². The van der Waals surface area contributed by atoms with Crippen molar-refractivity contribution in [3.05, 3.63) is 29.8 Å². The van der Waals surface area contributed by atoms with Gasteiger partial charge in [0.05, 0.1) is 5.92 Å². The van der Waals surface area contributed by atoms with Crippen LogP contribution >= 0.6 is 0 Å². The Bertz CT molecular complexity index is 411. The third-order valence-electron chi connectivity index (χ3n) is 3.44. The van der Waals surface area contributed by atoms with E-state index in [1.54, 1.807) is 0 Å². The minimum absolute atomic E-state index is 0.0659. The Labute approximate surface area is 114 Å². The van der Waals surface area contributed by atoms with E-state index < -0.39 is 0 Å². The second kappa shape index (κ2) is 6.57. The van der Waals surface area contributed by atoms with Gasteiger partial charge in [0.2, 0.25) is 5.91 Å². The summed E-state index contributed by atoms with van der Waals surface area (Å²) in [5.74, 6) is 0.818. The summed E-state index contributed by atoms with van der Waals surface area (Å²) in [6, 6.07) is 7.84. The van der Waals surface area contributed by atoms with Crippen molar-refractivity contribution >= 4 is 5.91 Å². The van der Waals surface area contributed by atoms with Gasteiger partial charge in [-0.3, -0.25) is 4.79 Å². The predicted octanol–water partition coefficient (Wildman–Crippen LogP) is 1.67. The second-order valence-electron chi connectivity index (χ2n) is 4.92. The monoisotopic (exact) mass is 262 g/mol. The van der Waals surface area contributed by atoms with Gasteiger partial charge in [0, 0.05) is 13.1 Å². The third kappa shape index (κ3) is 3.70. The number of carbonyl (C=O) groups excluding carboxylic acids is 1. The largest absolute Gasteiger partial charge is 0.489 e. The van der Waals surface area contributed by atoms with Crippen molar-refractivity contribution in [3.8, 4) is 5.75 Å². The predicted molar refractivity (Wildman–Crippen MR) is 75.4 cm³/mol. The molecule has 2 atom stereocenters. The van der Waals surface area contributed by atoms with Crippen LogP contribution in [0.2, 0.25) is 0 Å². The van der Waals surface area contributed by atoms with Gasteiger partial charge in [0.1, 0.15) is 11.9 Å². The quantitative estimate of drug-likeness (QED) is 0.848. The van der Waals surface area contributed by atoms with Gasteiger partial charge in [-0.1, -0.05) is 12.1 Å². The molecule has 1 aliphatic heterocycles. The Balaban J connectivity index is 1.95. The highest BCUT2D eigenvalue weighted by molar-refractivity contribution is 5.83. The molecule has 0 saturated carbocycles. The van der Waals surface area contributed by atoms with E-state index in [0.29, 0.717) is 6.54 Å². The van der Waals surface area contributed by atoms with Gasteiger partial charge in [0.15, 0.2) is 0 Å². The number of carbonyl (C=O) groups is 1. The van der Waals surface area contributed by atoms with Crippen LogP contribution in [-0.4, -0.2) is 31.6 Å². The van der Waals surface area contributed by atoms with E-state index in [2.05, 4.69) is 10.6 Å². The van der Waals surface area contributed by atoms with Crippen molar-refractivity contribution in [1.29, 1.82) is 0 Å². The topological polar surface area (TPSA) is 50.4 Å². The van der Waals surface area contributed by atoms with E-state index in [4.69, 9.17) is 4.74 Å². The number of nitrogens with one attached hydrogen (secondary N) is 2. The summed E-state index contributed by atoms with van der Waals surface area (Å²) in [7, 11) is 0. The van der Waals surface area contributed by atoms with Gasteiger partial charge in [-0.2, -0.15) is 0 Å². The molecule has 104 valence electrons. The van der Waals surface area contributed by atoms with Gasteiger partial charge in [-0.15, -0.1) is 0 Å². The zero-order valence-corrected chi connectivity index (χ0v) is 11.6. The first-order chi connectivity index (χ1) is 9.20. The van der Waals surface area contributed by atoms with Crippen LogP contribution in [-0.2, 0) is 4.79 Å². The lowest BCUT2D eigenvalue weighted by Crippen LogP contribution is -2.27. The van der Waals surface area contributed by atoms with Crippen LogP contribution in [0, 0.1) is 0 Å². The van der Waals surface area contributed by atoms with Crippen LogP contribution in [0.5, 0.6) is 5.75 Å². The molecule has 2 rings (SSSR count). The minimum atomic E-state index is -0.123. The molecule has 0 bridgehead atoms. The first-order valence-electron chi connectivity index (χ1n) is 6.95. The van der Waals surface area contributed by atoms with Gasteiger partial charge >= 0.3 is 0 Å². The van der Waals surface area contributed by atoms with E-state index in [-0.39, 0.29) is 17.9 Å². The molecule has 0 aliphatic carbocycles. The molecule has 1 aromatic rings. The van der Waals surface area contributed by atoms with Crippen molar-refractivity contribution in [2.24, 2.45) is 0 Å². The molecule has 19 heavy (non-hydrogen) atoms. The highest BCUT2D eigenvalue weighted by Crippen LogP contribution is 2.21. The standard InChI is InChI=1S/C15H22N2O2/c1-3-17-15(18)11(2)12-4-6-13(7-5-12)19-14-8-9-16-10-14/h4-7,11,14,16H,3,8-10H2,1-2H3,(H,17,18)/t11-,14+/m0/s1. The number of likely N-dealkylation sites (N-methyl/N-ethyl adjacent to an activating group) is 1. The summed E-state index contributed by atoms with van der Waals surface area (Å²) in [5, 5.41) is 6.11. The van der Waals surface area contributed by atoms with Crippen molar-refractivity contribution in [2.45, 2.75) is 32.3 Å². The van der Waals surface area contributed by atoms with Crippen LogP contribution in [0.3, 0.4) is 0 Å². The van der Waals surface area contributed by atoms with E-state index in [0.717, 1.165) is 30.8 Å². The summed E-state index contributed by atoms with van der Waals surface area (Å²) < 4.78 is 5.85. The molecule has 0 radical (unpaired) electrons. The SMILES string of the molecule is CCNC(=O)[C@@H](C)c1ccc(O[C@@H]2CCNC2)cc1. The first-order valence-corrected chi connectivity index (χ1v) is 6.95. The molecule has 1 aromatic carbocycles. The van der Waals surface area contributed by atoms with Crippen LogP contribution < -0.4 is 15.4 Å². The molecular weight excluding hydrogens is 240 g/mol. The lowest BCUT2D eigenvalue weighted by atomic mass is 10.0.